The molecular weight excluding hydrogens is 427 g/mol. The molecule has 0 unspecified atom stereocenters. The zero-order valence-electron chi connectivity index (χ0n) is 17.5. The minimum absolute atomic E-state index is 0.0634. The fraction of sp³-hybridized carbons (Fsp3) is 0.318. The van der Waals surface area contributed by atoms with Gasteiger partial charge in [0.2, 0.25) is 11.5 Å². The van der Waals surface area contributed by atoms with Crippen LogP contribution in [0, 0.1) is 0 Å². The molecule has 0 saturated heterocycles. The quantitative estimate of drug-likeness (QED) is 0.677. The maximum absolute atomic E-state index is 12.9. The van der Waals surface area contributed by atoms with Crippen molar-refractivity contribution in [2.24, 2.45) is 7.05 Å². The number of nitrogens with one attached hydrogen (secondary N) is 1. The van der Waals surface area contributed by atoms with E-state index in [-0.39, 0.29) is 11.5 Å². The third-order valence-corrected chi connectivity index (χ3v) is 5.28. The Balaban J connectivity index is 0.000000360. The summed E-state index contributed by atoms with van der Waals surface area (Å²) < 4.78 is 35.7. The standard InChI is InChI=1S/C20H21N3O2.C2HF3O2/c1-22-10-8-14-12-23(2)19-18(14)17(22)11-16(20(19)25)21-9-7-13-3-5-15(24)6-4-13;3-2(4,5)1(6)7/h3-6,11-12,24H,7-10H2,1-2H3;(H,6,7). The summed E-state index contributed by atoms with van der Waals surface area (Å²) in [6.45, 7) is 1.64. The fourth-order valence-electron chi connectivity index (χ4n) is 3.69. The van der Waals surface area contributed by atoms with Gasteiger partial charge in [0.25, 0.3) is 0 Å². The van der Waals surface area contributed by atoms with Crippen LogP contribution in [0.4, 0.5) is 13.2 Å². The van der Waals surface area contributed by atoms with Crippen molar-refractivity contribution in [2.45, 2.75) is 19.0 Å². The molecule has 7 nitrogen and oxygen atoms in total. The molecule has 2 aromatic rings. The predicted octanol–water partition coefficient (Wildman–Crippen LogP) is 0.929. The van der Waals surface area contributed by atoms with Gasteiger partial charge >= 0.3 is 6.18 Å². The number of halogens is 3. The average Bonchev–Trinajstić information content (AvgIpc) is 3.06. The van der Waals surface area contributed by atoms with Gasteiger partial charge in [-0.1, -0.05) is 12.1 Å². The van der Waals surface area contributed by atoms with Crippen molar-refractivity contribution in [3.8, 4) is 5.75 Å². The molecule has 0 radical (unpaired) electrons. The molecule has 4 rings (SSSR count). The lowest BCUT2D eigenvalue weighted by molar-refractivity contribution is -0.497. The van der Waals surface area contributed by atoms with Gasteiger partial charge in [0.05, 0.1) is 11.3 Å². The minimum Gasteiger partial charge on any atom is -0.542 e. The van der Waals surface area contributed by atoms with Gasteiger partial charge in [0.15, 0.2) is 0 Å². The Labute approximate surface area is 182 Å². The molecular formula is C22H22F3N3O4. The molecule has 2 heterocycles. The van der Waals surface area contributed by atoms with Crippen LogP contribution in [0.2, 0.25) is 0 Å². The number of aromatic hydroxyl groups is 1. The van der Waals surface area contributed by atoms with E-state index in [0.29, 0.717) is 12.2 Å². The fourth-order valence-corrected chi connectivity index (χ4v) is 3.69. The molecule has 1 aromatic heterocycles. The summed E-state index contributed by atoms with van der Waals surface area (Å²) in [5.74, 6) is -2.67. The number of hydrogen-bond acceptors (Lipinski definition) is 5. The lowest BCUT2D eigenvalue weighted by atomic mass is 9.91. The number of benzene rings is 1. The molecule has 0 bridgehead atoms. The van der Waals surface area contributed by atoms with E-state index in [1.54, 1.807) is 12.1 Å². The van der Waals surface area contributed by atoms with Crippen molar-refractivity contribution < 1.29 is 37.5 Å². The summed E-state index contributed by atoms with van der Waals surface area (Å²) in [4.78, 5) is 21.7. The van der Waals surface area contributed by atoms with Crippen LogP contribution in [-0.4, -0.2) is 58.0 Å². The van der Waals surface area contributed by atoms with Gasteiger partial charge in [-0.3, -0.25) is 4.79 Å². The SMILES string of the molecule is Cn1cc2c3c1C(=O)C(NCCc1ccc(O)cc1)=CC3=[N+](C)CC2.O=C([O-])C(F)(F)F. The molecule has 10 heteroatoms. The molecule has 2 aliphatic rings. The van der Waals surface area contributed by atoms with E-state index < -0.39 is 12.1 Å². The Morgan fingerprint density at radius 2 is 1.91 bits per heavy atom. The van der Waals surface area contributed by atoms with E-state index in [1.807, 2.05) is 29.8 Å². The second-order valence-electron chi connectivity index (χ2n) is 7.56. The topological polar surface area (TPSA) is 97.4 Å². The number of nitrogens with zero attached hydrogens (tertiary/aromatic N) is 2. The molecule has 0 spiro atoms. The number of phenolic OH excluding ortho intramolecular Hbond substituents is 1. The summed E-state index contributed by atoms with van der Waals surface area (Å²) in [6, 6.07) is 7.18. The van der Waals surface area contributed by atoms with Gasteiger partial charge in [-0.05, 0) is 29.7 Å². The molecule has 1 aromatic carbocycles. The Kier molecular flexibility index (Phi) is 6.42. The average molecular weight is 449 g/mol. The van der Waals surface area contributed by atoms with Crippen LogP contribution in [0.25, 0.3) is 0 Å². The zero-order chi connectivity index (χ0) is 23.6. The second kappa shape index (κ2) is 8.89. The number of carboxylic acids is 1. The summed E-state index contributed by atoms with van der Waals surface area (Å²) >= 11 is 0. The first kappa shape index (κ1) is 23.1. The van der Waals surface area contributed by atoms with E-state index in [0.717, 1.165) is 41.9 Å². The molecule has 2 N–H and O–H groups in total. The van der Waals surface area contributed by atoms with Crippen molar-refractivity contribution in [1.82, 2.24) is 9.88 Å². The number of Topliss-reactive ketones (excluding diaryl/α,β-unsaturated/α-hetero) is 1. The maximum atomic E-state index is 12.9. The largest absolute Gasteiger partial charge is 0.542 e. The van der Waals surface area contributed by atoms with E-state index >= 15 is 0 Å². The Hall–Kier alpha value is -3.56. The minimum atomic E-state index is -5.19. The predicted molar refractivity (Wildman–Crippen MR) is 108 cm³/mol. The highest BCUT2D eigenvalue weighted by atomic mass is 19.4. The number of likely N-dealkylation sites (N-methyl/N-ethyl adjacent to an activating group) is 1. The van der Waals surface area contributed by atoms with Crippen molar-refractivity contribution in [1.29, 1.82) is 0 Å². The van der Waals surface area contributed by atoms with Crippen molar-refractivity contribution in [3.63, 3.8) is 0 Å². The van der Waals surface area contributed by atoms with Crippen LogP contribution in [0.3, 0.4) is 0 Å². The van der Waals surface area contributed by atoms with Gasteiger partial charge in [0.1, 0.15) is 31.0 Å². The van der Waals surface area contributed by atoms with Gasteiger partial charge in [-0.25, -0.2) is 4.58 Å². The smallest absolute Gasteiger partial charge is 0.430 e. The van der Waals surface area contributed by atoms with E-state index in [2.05, 4.69) is 23.1 Å². The monoisotopic (exact) mass is 449 g/mol. The third-order valence-electron chi connectivity index (χ3n) is 5.28. The number of phenols is 1. The Bertz CT molecular complexity index is 1110. The number of hydrogen-bond donors (Lipinski definition) is 2. The number of aliphatic carboxylic acids is 1. The van der Waals surface area contributed by atoms with Crippen LogP contribution in [0.1, 0.15) is 27.2 Å². The summed E-state index contributed by atoms with van der Waals surface area (Å²) in [7, 11) is 4.03. The summed E-state index contributed by atoms with van der Waals surface area (Å²) in [5.41, 5.74) is 6.06. The maximum Gasteiger partial charge on any atom is 0.430 e. The number of carboxylic acid groups (broad SMARTS) is 1. The van der Waals surface area contributed by atoms with Gasteiger partial charge in [0, 0.05) is 32.3 Å². The number of alkyl halides is 3. The van der Waals surface area contributed by atoms with Crippen LogP contribution in [0.15, 0.2) is 42.2 Å². The lowest BCUT2D eigenvalue weighted by Crippen LogP contribution is -2.37. The summed E-state index contributed by atoms with van der Waals surface area (Å²) in [6.07, 6.45) is 0.655. The number of aromatic nitrogens is 1. The highest BCUT2D eigenvalue weighted by Crippen LogP contribution is 2.28. The molecule has 0 fully saturated rings. The molecule has 32 heavy (non-hydrogen) atoms. The Morgan fingerprint density at radius 3 is 2.50 bits per heavy atom. The van der Waals surface area contributed by atoms with Crippen molar-refractivity contribution in [2.75, 3.05) is 20.1 Å². The number of ketones is 1. The highest BCUT2D eigenvalue weighted by molar-refractivity contribution is 6.24. The lowest BCUT2D eigenvalue weighted by Gasteiger charge is -2.19. The zero-order valence-corrected chi connectivity index (χ0v) is 17.5. The first-order valence-electron chi connectivity index (χ1n) is 9.82. The van der Waals surface area contributed by atoms with Gasteiger partial charge < -0.3 is 24.9 Å². The van der Waals surface area contributed by atoms with E-state index in [4.69, 9.17) is 9.90 Å². The molecule has 1 aliphatic carbocycles. The van der Waals surface area contributed by atoms with Gasteiger partial charge in [-0.15, -0.1) is 0 Å². The molecule has 0 saturated carbocycles. The van der Waals surface area contributed by atoms with Crippen LogP contribution in [0.5, 0.6) is 5.75 Å². The number of carbonyl (C=O) groups excluding carboxylic acids is 2. The van der Waals surface area contributed by atoms with Crippen molar-refractivity contribution in [3.05, 3.63) is 64.6 Å². The van der Waals surface area contributed by atoms with Gasteiger partial charge in [-0.2, -0.15) is 13.2 Å². The van der Waals surface area contributed by atoms with Crippen LogP contribution >= 0.6 is 0 Å². The van der Waals surface area contributed by atoms with Crippen LogP contribution < -0.4 is 10.4 Å². The first-order chi connectivity index (χ1) is 15.0. The third kappa shape index (κ3) is 4.84. The molecule has 0 amide bonds. The summed E-state index contributed by atoms with van der Waals surface area (Å²) in [5, 5.41) is 21.4. The number of allylic oxidation sites excluding steroid dienone is 2. The van der Waals surface area contributed by atoms with Crippen molar-refractivity contribution >= 4 is 17.5 Å². The second-order valence-corrected chi connectivity index (χ2v) is 7.56. The Morgan fingerprint density at radius 1 is 1.28 bits per heavy atom. The van der Waals surface area contributed by atoms with E-state index in [1.165, 1.54) is 5.56 Å². The first-order valence-corrected chi connectivity index (χ1v) is 9.82. The highest BCUT2D eigenvalue weighted by Gasteiger charge is 2.36. The number of carbonyl (C=O) groups is 2. The molecule has 0 atom stereocenters. The van der Waals surface area contributed by atoms with E-state index in [9.17, 15) is 23.1 Å². The molecule has 170 valence electrons. The number of aryl methyl sites for hydroxylation is 1. The number of rotatable bonds is 4. The van der Waals surface area contributed by atoms with Crippen LogP contribution in [-0.2, 0) is 24.7 Å². The molecule has 1 aliphatic heterocycles. The normalized spacial score (nSPS) is 14.9.